The van der Waals surface area contributed by atoms with Crippen molar-refractivity contribution in [3.8, 4) is 11.5 Å². The van der Waals surface area contributed by atoms with Gasteiger partial charge >= 0.3 is 0 Å². The molecule has 6 heteroatoms. The minimum absolute atomic E-state index is 0.0431. The van der Waals surface area contributed by atoms with Crippen LogP contribution in [0.3, 0.4) is 0 Å². The SMILES string of the molecule is Cc1cc(Oc2ccc([N+](=O)[O-])c(Cl)c2)ccc1CCl. The van der Waals surface area contributed by atoms with Crippen LogP contribution in [0.5, 0.6) is 11.5 Å². The second-order valence-corrected chi connectivity index (χ2v) is 4.87. The van der Waals surface area contributed by atoms with Gasteiger partial charge in [-0.15, -0.1) is 11.6 Å². The van der Waals surface area contributed by atoms with Crippen LogP contribution in [0.15, 0.2) is 36.4 Å². The number of ether oxygens (including phenoxy) is 1. The summed E-state index contributed by atoms with van der Waals surface area (Å²) in [7, 11) is 0. The predicted octanol–water partition coefficient (Wildman–Crippen LogP) is 5.09. The van der Waals surface area contributed by atoms with Crippen LogP contribution in [-0.4, -0.2) is 4.92 Å². The first-order chi connectivity index (χ1) is 9.51. The van der Waals surface area contributed by atoms with E-state index in [0.717, 1.165) is 11.1 Å². The Labute approximate surface area is 126 Å². The minimum Gasteiger partial charge on any atom is -0.457 e. The highest BCUT2D eigenvalue weighted by Crippen LogP contribution is 2.31. The van der Waals surface area contributed by atoms with E-state index in [2.05, 4.69) is 0 Å². The molecule has 104 valence electrons. The van der Waals surface area contributed by atoms with Crippen molar-refractivity contribution in [2.24, 2.45) is 0 Å². The molecule has 2 aromatic rings. The number of nitrogens with zero attached hydrogens (tertiary/aromatic N) is 1. The Kier molecular flexibility index (Phi) is 4.47. The zero-order chi connectivity index (χ0) is 14.7. The van der Waals surface area contributed by atoms with Gasteiger partial charge in [-0.1, -0.05) is 17.7 Å². The Balaban J connectivity index is 2.24. The van der Waals surface area contributed by atoms with Gasteiger partial charge in [-0.25, -0.2) is 0 Å². The van der Waals surface area contributed by atoms with Crippen LogP contribution in [0.4, 0.5) is 5.69 Å². The molecule has 0 saturated carbocycles. The zero-order valence-corrected chi connectivity index (χ0v) is 12.1. The smallest absolute Gasteiger partial charge is 0.288 e. The van der Waals surface area contributed by atoms with E-state index in [4.69, 9.17) is 27.9 Å². The van der Waals surface area contributed by atoms with Crippen LogP contribution in [0.2, 0.25) is 5.02 Å². The molecule has 0 bridgehead atoms. The van der Waals surface area contributed by atoms with Gasteiger partial charge in [0.05, 0.1) is 4.92 Å². The molecule has 0 aliphatic heterocycles. The number of halogens is 2. The fraction of sp³-hybridized carbons (Fsp3) is 0.143. The number of alkyl halides is 1. The van der Waals surface area contributed by atoms with Gasteiger partial charge in [-0.05, 0) is 36.2 Å². The van der Waals surface area contributed by atoms with Crippen molar-refractivity contribution in [2.45, 2.75) is 12.8 Å². The lowest BCUT2D eigenvalue weighted by Gasteiger charge is -2.09. The molecule has 0 N–H and O–H groups in total. The molecule has 0 spiro atoms. The molecule has 0 aliphatic rings. The normalized spacial score (nSPS) is 10.3. The topological polar surface area (TPSA) is 52.4 Å². The van der Waals surface area contributed by atoms with Gasteiger partial charge in [0.15, 0.2) is 0 Å². The third kappa shape index (κ3) is 3.21. The lowest BCUT2D eigenvalue weighted by atomic mass is 10.1. The first kappa shape index (κ1) is 14.6. The van der Waals surface area contributed by atoms with E-state index >= 15 is 0 Å². The number of benzene rings is 2. The summed E-state index contributed by atoms with van der Waals surface area (Å²) in [4.78, 5) is 10.1. The number of nitro benzene ring substituents is 1. The highest BCUT2D eigenvalue weighted by atomic mass is 35.5. The third-order valence-electron chi connectivity index (χ3n) is 2.81. The number of hydrogen-bond acceptors (Lipinski definition) is 3. The fourth-order valence-corrected chi connectivity index (χ4v) is 2.26. The van der Waals surface area contributed by atoms with Gasteiger partial charge in [0, 0.05) is 18.0 Å². The Hall–Kier alpha value is -1.78. The summed E-state index contributed by atoms with van der Waals surface area (Å²) in [6.45, 7) is 1.94. The van der Waals surface area contributed by atoms with Crippen LogP contribution in [0.25, 0.3) is 0 Å². The van der Waals surface area contributed by atoms with E-state index in [0.29, 0.717) is 17.4 Å². The molecule has 0 amide bonds. The lowest BCUT2D eigenvalue weighted by molar-refractivity contribution is -0.384. The van der Waals surface area contributed by atoms with Crippen molar-refractivity contribution >= 4 is 28.9 Å². The quantitative estimate of drug-likeness (QED) is 0.449. The maximum Gasteiger partial charge on any atom is 0.288 e. The number of hydrogen-bond donors (Lipinski definition) is 0. The summed E-state index contributed by atoms with van der Waals surface area (Å²) in [5.74, 6) is 1.51. The molecular weight excluding hydrogens is 301 g/mol. The monoisotopic (exact) mass is 311 g/mol. The Morgan fingerprint density at radius 2 is 1.85 bits per heavy atom. The van der Waals surface area contributed by atoms with Crippen molar-refractivity contribution < 1.29 is 9.66 Å². The van der Waals surface area contributed by atoms with Gasteiger partial charge in [0.2, 0.25) is 0 Å². The summed E-state index contributed by atoms with van der Waals surface area (Å²) in [6.07, 6.45) is 0. The predicted molar refractivity (Wildman–Crippen MR) is 78.9 cm³/mol. The second kappa shape index (κ2) is 6.11. The fourth-order valence-electron chi connectivity index (χ4n) is 1.72. The molecule has 0 unspecified atom stereocenters. The summed E-state index contributed by atoms with van der Waals surface area (Å²) >= 11 is 11.6. The molecule has 2 aromatic carbocycles. The molecule has 0 saturated heterocycles. The minimum atomic E-state index is -0.536. The highest BCUT2D eigenvalue weighted by Gasteiger charge is 2.13. The molecular formula is C14H11Cl2NO3. The molecule has 0 atom stereocenters. The van der Waals surface area contributed by atoms with E-state index in [1.54, 1.807) is 6.07 Å². The van der Waals surface area contributed by atoms with Crippen molar-refractivity contribution in [1.82, 2.24) is 0 Å². The number of nitro groups is 1. The van der Waals surface area contributed by atoms with E-state index in [-0.39, 0.29) is 10.7 Å². The first-order valence-corrected chi connectivity index (χ1v) is 6.70. The van der Waals surface area contributed by atoms with Crippen molar-refractivity contribution in [3.05, 3.63) is 62.7 Å². The van der Waals surface area contributed by atoms with E-state index in [1.165, 1.54) is 18.2 Å². The summed E-state index contributed by atoms with van der Waals surface area (Å²) in [6, 6.07) is 9.77. The maximum absolute atomic E-state index is 10.7. The van der Waals surface area contributed by atoms with Crippen LogP contribution >= 0.6 is 23.2 Å². The lowest BCUT2D eigenvalue weighted by Crippen LogP contribution is -1.91. The summed E-state index contributed by atoms with van der Waals surface area (Å²) in [5.41, 5.74) is 1.90. The van der Waals surface area contributed by atoms with Crippen LogP contribution in [0, 0.1) is 17.0 Å². The molecule has 0 aromatic heterocycles. The highest BCUT2D eigenvalue weighted by molar-refractivity contribution is 6.32. The Morgan fingerprint density at radius 1 is 1.20 bits per heavy atom. The number of rotatable bonds is 4. The van der Waals surface area contributed by atoms with Gasteiger partial charge in [-0.2, -0.15) is 0 Å². The largest absolute Gasteiger partial charge is 0.457 e. The molecule has 0 heterocycles. The second-order valence-electron chi connectivity index (χ2n) is 4.19. The Morgan fingerprint density at radius 3 is 2.40 bits per heavy atom. The average molecular weight is 312 g/mol. The van der Waals surface area contributed by atoms with Gasteiger partial charge in [0.1, 0.15) is 16.5 Å². The van der Waals surface area contributed by atoms with Crippen molar-refractivity contribution in [1.29, 1.82) is 0 Å². The van der Waals surface area contributed by atoms with Crippen molar-refractivity contribution in [2.75, 3.05) is 0 Å². The zero-order valence-electron chi connectivity index (χ0n) is 10.6. The first-order valence-electron chi connectivity index (χ1n) is 5.78. The molecule has 2 rings (SSSR count). The molecule has 20 heavy (non-hydrogen) atoms. The van der Waals surface area contributed by atoms with E-state index < -0.39 is 4.92 Å². The van der Waals surface area contributed by atoms with Crippen LogP contribution < -0.4 is 4.74 Å². The summed E-state index contributed by atoms with van der Waals surface area (Å²) < 4.78 is 5.62. The molecule has 0 fully saturated rings. The van der Waals surface area contributed by atoms with Crippen LogP contribution in [-0.2, 0) is 5.88 Å². The van der Waals surface area contributed by atoms with Gasteiger partial charge in [-0.3, -0.25) is 10.1 Å². The standard InChI is InChI=1S/C14H11Cl2NO3/c1-9-6-11(3-2-10(9)8-15)20-12-4-5-14(17(18)19)13(16)7-12/h2-7H,8H2,1H3. The number of aryl methyl sites for hydroxylation is 1. The average Bonchev–Trinajstić information content (AvgIpc) is 2.38. The van der Waals surface area contributed by atoms with Crippen LogP contribution in [0.1, 0.15) is 11.1 Å². The van der Waals surface area contributed by atoms with E-state index in [1.807, 2.05) is 19.1 Å². The Bertz CT molecular complexity index is 659. The molecule has 4 nitrogen and oxygen atoms in total. The van der Waals surface area contributed by atoms with Gasteiger partial charge in [0.25, 0.3) is 5.69 Å². The van der Waals surface area contributed by atoms with E-state index in [9.17, 15) is 10.1 Å². The molecule has 0 aliphatic carbocycles. The summed E-state index contributed by atoms with van der Waals surface area (Å²) in [5, 5.41) is 10.7. The van der Waals surface area contributed by atoms with Gasteiger partial charge < -0.3 is 4.74 Å². The maximum atomic E-state index is 10.7. The molecule has 0 radical (unpaired) electrons. The third-order valence-corrected chi connectivity index (χ3v) is 3.40. The van der Waals surface area contributed by atoms with Crippen molar-refractivity contribution in [3.63, 3.8) is 0 Å².